The van der Waals surface area contributed by atoms with Gasteiger partial charge in [0.2, 0.25) is 0 Å². The second-order valence-corrected chi connectivity index (χ2v) is 21.7. The molecule has 0 aliphatic rings. The van der Waals surface area contributed by atoms with Gasteiger partial charge >= 0.3 is 308 Å². The van der Waals surface area contributed by atoms with Gasteiger partial charge in [0, 0.05) is 0 Å². The molecule has 0 saturated heterocycles. The third-order valence-electron chi connectivity index (χ3n) is 9.78. The fraction of sp³-hybridized carbons (Fsp3) is 0.0217. The first-order chi connectivity index (χ1) is 25.0. The number of para-hydroxylation sites is 1. The van der Waals surface area contributed by atoms with E-state index in [9.17, 15) is 4.79 Å². The Morgan fingerprint density at radius 3 is 1.53 bits per heavy atom. The zero-order valence-electron chi connectivity index (χ0n) is 27.9. The number of hydrogen-bond acceptors (Lipinski definition) is 1. The summed E-state index contributed by atoms with van der Waals surface area (Å²) < 4.78 is 0. The van der Waals surface area contributed by atoms with Crippen LogP contribution in [-0.4, -0.2) is 6.03 Å². The summed E-state index contributed by atoms with van der Waals surface area (Å²) in [6.45, 7) is 0. The van der Waals surface area contributed by atoms with E-state index in [1.54, 1.807) is 0 Å². The van der Waals surface area contributed by atoms with Gasteiger partial charge in [0.25, 0.3) is 0 Å². The molecule has 0 heterocycles. The summed E-state index contributed by atoms with van der Waals surface area (Å²) in [7, 11) is 0. The maximum absolute atomic E-state index is 13.8. The van der Waals surface area contributed by atoms with Crippen LogP contribution in [0, 0.1) is 0 Å². The topological polar surface area (TPSA) is 41.1 Å². The van der Waals surface area contributed by atoms with E-state index < -0.39 is 5.31 Å². The standard InChI is InChI=1S/C46H36BrN2OP/c47-51(38-23-9-3-10-24-38,39-25-11-4-12-26-39,33-34-17-5-1-6-18-34)43-32-30-36-20-14-16-28-41(36)45(43)44-40-27-15-13-19-35(40)29-31-42(44)49-46(50)48-37-21-7-2-8-22-37/h1-32H,33H2,(H2,48,49,50). The van der Waals surface area contributed by atoms with Crippen molar-refractivity contribution in [2.45, 2.75) is 6.16 Å². The minimum absolute atomic E-state index is 0.300. The number of halogens is 1. The predicted molar refractivity (Wildman–Crippen MR) is 224 cm³/mol. The molecule has 2 amide bonds. The summed E-state index contributed by atoms with van der Waals surface area (Å²) in [5.74, 6) is 0. The first kappa shape index (κ1) is 32.7. The molecular weight excluding hydrogens is 707 g/mol. The van der Waals surface area contributed by atoms with E-state index in [0.29, 0.717) is 0 Å². The van der Waals surface area contributed by atoms with Gasteiger partial charge in [0.1, 0.15) is 0 Å². The van der Waals surface area contributed by atoms with Gasteiger partial charge in [0.05, 0.1) is 0 Å². The van der Waals surface area contributed by atoms with Crippen LogP contribution in [0.3, 0.4) is 0 Å². The van der Waals surface area contributed by atoms with Crippen molar-refractivity contribution in [1.29, 1.82) is 0 Å². The van der Waals surface area contributed by atoms with Crippen LogP contribution >= 0.6 is 20.8 Å². The number of anilines is 2. The molecule has 0 unspecified atom stereocenters. The third kappa shape index (κ3) is 5.91. The molecule has 0 radical (unpaired) electrons. The van der Waals surface area contributed by atoms with Crippen LogP contribution < -0.4 is 26.5 Å². The molecule has 0 aliphatic heterocycles. The number of fused-ring (bicyclic) bond motifs is 2. The zero-order chi connectivity index (χ0) is 34.7. The Kier molecular flexibility index (Phi) is 8.73. The zero-order valence-corrected chi connectivity index (χ0v) is 30.4. The van der Waals surface area contributed by atoms with Gasteiger partial charge in [0.15, 0.2) is 0 Å². The molecule has 0 saturated carbocycles. The molecule has 8 aromatic carbocycles. The predicted octanol–water partition coefficient (Wildman–Crippen LogP) is 11.6. The summed E-state index contributed by atoms with van der Waals surface area (Å²) >= 11 is 4.80. The Balaban J connectivity index is 1.50. The van der Waals surface area contributed by atoms with Gasteiger partial charge in [-0.1, -0.05) is 0 Å². The summed E-state index contributed by atoms with van der Waals surface area (Å²) in [6.07, 6.45) is 0.744. The van der Waals surface area contributed by atoms with E-state index in [1.807, 2.05) is 36.4 Å². The quantitative estimate of drug-likeness (QED) is 0.150. The average Bonchev–Trinajstić information content (AvgIpc) is 3.19. The molecule has 3 nitrogen and oxygen atoms in total. The van der Waals surface area contributed by atoms with Gasteiger partial charge in [-0.25, -0.2) is 0 Å². The number of benzene rings is 8. The third-order valence-corrected chi connectivity index (χ3v) is 19.2. The molecule has 0 fully saturated rings. The second-order valence-electron chi connectivity index (χ2n) is 12.8. The van der Waals surface area contributed by atoms with Crippen LogP contribution in [0.2, 0.25) is 0 Å². The van der Waals surface area contributed by atoms with E-state index in [4.69, 9.17) is 15.5 Å². The summed E-state index contributed by atoms with van der Waals surface area (Å²) in [6, 6.07) is 67.7. The van der Waals surface area contributed by atoms with Gasteiger partial charge in [-0.2, -0.15) is 0 Å². The van der Waals surface area contributed by atoms with Gasteiger partial charge in [-0.3, -0.25) is 0 Å². The fourth-order valence-electron chi connectivity index (χ4n) is 7.46. The van der Waals surface area contributed by atoms with Crippen molar-refractivity contribution in [2.75, 3.05) is 10.6 Å². The molecule has 248 valence electrons. The molecule has 0 aromatic heterocycles. The van der Waals surface area contributed by atoms with Crippen LogP contribution in [0.25, 0.3) is 32.7 Å². The Morgan fingerprint density at radius 1 is 0.471 bits per heavy atom. The summed E-state index contributed by atoms with van der Waals surface area (Å²) in [5.41, 5.74) is 4.77. The van der Waals surface area contributed by atoms with Crippen molar-refractivity contribution in [3.8, 4) is 11.1 Å². The maximum atomic E-state index is 13.8. The van der Waals surface area contributed by atoms with Crippen molar-refractivity contribution in [3.05, 3.63) is 200 Å². The van der Waals surface area contributed by atoms with E-state index in [2.05, 4.69) is 168 Å². The average molecular weight is 744 g/mol. The van der Waals surface area contributed by atoms with Crippen molar-refractivity contribution >= 4 is 75.7 Å². The number of nitrogens with one attached hydrogen (secondary N) is 2. The first-order valence-corrected chi connectivity index (χ1v) is 21.5. The van der Waals surface area contributed by atoms with Crippen molar-refractivity contribution < 1.29 is 4.79 Å². The number of carbonyl (C=O) groups is 1. The Bertz CT molecular complexity index is 2450. The normalized spacial score (nSPS) is 12.2. The molecule has 5 heteroatoms. The number of rotatable bonds is 8. The monoisotopic (exact) mass is 742 g/mol. The second kappa shape index (κ2) is 13.6. The molecule has 0 bridgehead atoms. The molecule has 0 spiro atoms. The van der Waals surface area contributed by atoms with Crippen molar-refractivity contribution in [3.63, 3.8) is 0 Å². The molecule has 0 aliphatic carbocycles. The Labute approximate surface area is 306 Å². The van der Waals surface area contributed by atoms with Gasteiger partial charge in [-0.05, 0) is 0 Å². The molecular formula is C46H36BrN2OP. The molecule has 51 heavy (non-hydrogen) atoms. The first-order valence-electron chi connectivity index (χ1n) is 17.1. The Hall–Kier alpha value is -5.54. The summed E-state index contributed by atoms with van der Waals surface area (Å²) in [4.78, 5) is 13.8. The van der Waals surface area contributed by atoms with Gasteiger partial charge in [-0.15, -0.1) is 0 Å². The molecule has 8 aromatic rings. The van der Waals surface area contributed by atoms with E-state index >= 15 is 0 Å². The number of amides is 2. The van der Waals surface area contributed by atoms with Gasteiger partial charge < -0.3 is 0 Å². The van der Waals surface area contributed by atoms with Crippen LogP contribution in [0.15, 0.2) is 194 Å². The number of hydrogen-bond donors (Lipinski definition) is 2. The van der Waals surface area contributed by atoms with Crippen molar-refractivity contribution in [1.82, 2.24) is 0 Å². The summed E-state index contributed by atoms with van der Waals surface area (Å²) in [5, 5.41) is 10.8. The van der Waals surface area contributed by atoms with Crippen molar-refractivity contribution in [2.24, 2.45) is 0 Å². The van der Waals surface area contributed by atoms with E-state index in [1.165, 1.54) is 21.5 Å². The molecule has 2 N–H and O–H groups in total. The molecule has 0 atom stereocenters. The van der Waals surface area contributed by atoms with Crippen LogP contribution in [0.4, 0.5) is 16.2 Å². The van der Waals surface area contributed by atoms with Crippen LogP contribution in [0.5, 0.6) is 0 Å². The van der Waals surface area contributed by atoms with E-state index in [0.717, 1.165) is 50.2 Å². The van der Waals surface area contributed by atoms with E-state index in [-0.39, 0.29) is 6.03 Å². The van der Waals surface area contributed by atoms with Crippen LogP contribution in [-0.2, 0) is 6.16 Å². The van der Waals surface area contributed by atoms with Crippen LogP contribution in [0.1, 0.15) is 5.56 Å². The molecule has 8 rings (SSSR count). The number of carbonyl (C=O) groups excluding carboxylic acids is 1. The fourth-order valence-corrected chi connectivity index (χ4v) is 15.6. The minimum atomic E-state index is -3.58. The Morgan fingerprint density at radius 2 is 0.941 bits per heavy atom. The SMILES string of the molecule is O=C(Nc1ccccc1)Nc1ccc2ccccc2c1-c1c(P(Br)(Cc2ccccc2)(c2ccccc2)c2ccccc2)ccc2ccccc12. The number of urea groups is 1.